The summed E-state index contributed by atoms with van der Waals surface area (Å²) in [5, 5.41) is 0.679. The Morgan fingerprint density at radius 2 is 1.68 bits per heavy atom. The zero-order valence-electron chi connectivity index (χ0n) is 15.5. The standard InChI is InChI=1S/C25H22ClFO/c26-21-14-12-20(13-15-21)25(19-10-11-19)24(27)16-9-18-5-4-8-23(17-18)28-22-6-2-1-3-7-22/h1-8,12-17,19,25H,9-11H2. The van der Waals surface area contributed by atoms with Gasteiger partial charge in [-0.1, -0.05) is 54.1 Å². The van der Waals surface area contributed by atoms with Gasteiger partial charge in [0, 0.05) is 10.9 Å². The van der Waals surface area contributed by atoms with Crippen molar-refractivity contribution < 1.29 is 9.13 Å². The quantitative estimate of drug-likeness (QED) is 0.399. The van der Waals surface area contributed by atoms with Gasteiger partial charge in [0.05, 0.1) is 0 Å². The van der Waals surface area contributed by atoms with E-state index in [2.05, 4.69) is 0 Å². The molecule has 3 aromatic rings. The van der Waals surface area contributed by atoms with E-state index in [1.165, 1.54) is 0 Å². The van der Waals surface area contributed by atoms with Crippen molar-refractivity contribution in [2.75, 3.05) is 0 Å². The molecule has 3 aromatic carbocycles. The lowest BCUT2D eigenvalue weighted by atomic mass is 9.92. The molecule has 0 N–H and O–H groups in total. The molecule has 1 nitrogen and oxygen atoms in total. The molecule has 1 atom stereocenters. The minimum atomic E-state index is -0.166. The lowest BCUT2D eigenvalue weighted by molar-refractivity contribution is 0.482. The van der Waals surface area contributed by atoms with E-state index >= 15 is 4.39 Å². The number of ether oxygens (including phenoxy) is 1. The maximum Gasteiger partial charge on any atom is 0.127 e. The van der Waals surface area contributed by atoms with Gasteiger partial charge in [-0.05, 0) is 78.8 Å². The van der Waals surface area contributed by atoms with Crippen LogP contribution in [0, 0.1) is 5.92 Å². The Hall–Kier alpha value is -2.58. The molecular weight excluding hydrogens is 371 g/mol. The van der Waals surface area contributed by atoms with E-state index in [0.29, 0.717) is 17.4 Å². The molecule has 0 spiro atoms. The first kappa shape index (κ1) is 18.8. The van der Waals surface area contributed by atoms with Crippen LogP contribution in [-0.4, -0.2) is 0 Å². The van der Waals surface area contributed by atoms with Crippen LogP contribution in [0.4, 0.5) is 4.39 Å². The summed E-state index contributed by atoms with van der Waals surface area (Å²) in [4.78, 5) is 0. The summed E-state index contributed by atoms with van der Waals surface area (Å²) in [6.45, 7) is 0. The second kappa shape index (κ2) is 8.62. The lowest BCUT2D eigenvalue weighted by Gasteiger charge is -2.15. The molecule has 142 valence electrons. The second-order valence-corrected chi connectivity index (χ2v) is 7.66. The molecule has 1 fully saturated rings. The predicted octanol–water partition coefficient (Wildman–Crippen LogP) is 7.72. The Morgan fingerprint density at radius 1 is 0.964 bits per heavy atom. The van der Waals surface area contributed by atoms with Crippen LogP contribution in [0.25, 0.3) is 0 Å². The number of hydrogen-bond donors (Lipinski definition) is 0. The Balaban J connectivity index is 1.48. The van der Waals surface area contributed by atoms with Crippen molar-refractivity contribution in [1.82, 2.24) is 0 Å². The molecule has 0 aromatic heterocycles. The van der Waals surface area contributed by atoms with E-state index in [0.717, 1.165) is 35.5 Å². The monoisotopic (exact) mass is 392 g/mol. The Labute approximate surface area is 170 Å². The van der Waals surface area contributed by atoms with Crippen molar-refractivity contribution in [3.8, 4) is 11.5 Å². The maximum atomic E-state index is 15.1. The van der Waals surface area contributed by atoms with Crippen LogP contribution < -0.4 is 4.74 Å². The van der Waals surface area contributed by atoms with Crippen LogP contribution in [0.1, 0.15) is 29.9 Å². The van der Waals surface area contributed by atoms with E-state index in [-0.39, 0.29) is 11.7 Å². The van der Waals surface area contributed by atoms with Gasteiger partial charge >= 0.3 is 0 Å². The number of halogens is 2. The summed E-state index contributed by atoms with van der Waals surface area (Å²) >= 11 is 5.98. The molecule has 1 saturated carbocycles. The first-order valence-corrected chi connectivity index (χ1v) is 10.00. The summed E-state index contributed by atoms with van der Waals surface area (Å²) in [7, 11) is 0. The summed E-state index contributed by atoms with van der Waals surface area (Å²) in [5.74, 6) is 1.72. The average molecular weight is 393 g/mol. The summed E-state index contributed by atoms with van der Waals surface area (Å²) in [5.41, 5.74) is 2.02. The molecule has 0 amide bonds. The molecule has 0 aliphatic heterocycles. The van der Waals surface area contributed by atoms with Gasteiger partial charge in [0.15, 0.2) is 0 Å². The van der Waals surface area contributed by atoms with Crippen LogP contribution in [0.5, 0.6) is 11.5 Å². The van der Waals surface area contributed by atoms with Gasteiger partial charge in [-0.3, -0.25) is 0 Å². The van der Waals surface area contributed by atoms with Gasteiger partial charge < -0.3 is 4.74 Å². The van der Waals surface area contributed by atoms with E-state index < -0.39 is 0 Å². The number of benzene rings is 3. The summed E-state index contributed by atoms with van der Waals surface area (Å²) in [6.07, 6.45) is 4.40. The number of para-hydroxylation sites is 1. The molecule has 28 heavy (non-hydrogen) atoms. The van der Waals surface area contributed by atoms with Crippen molar-refractivity contribution >= 4 is 11.6 Å². The molecule has 1 aliphatic rings. The second-order valence-electron chi connectivity index (χ2n) is 7.22. The van der Waals surface area contributed by atoms with Crippen LogP contribution in [0.2, 0.25) is 5.02 Å². The Bertz CT molecular complexity index is 946. The Kier molecular flexibility index (Phi) is 5.78. The van der Waals surface area contributed by atoms with Crippen molar-refractivity contribution in [3.63, 3.8) is 0 Å². The van der Waals surface area contributed by atoms with E-state index in [9.17, 15) is 0 Å². The minimum absolute atomic E-state index is 0.0563. The van der Waals surface area contributed by atoms with Crippen molar-refractivity contribution in [2.24, 2.45) is 5.92 Å². The molecule has 1 aliphatic carbocycles. The van der Waals surface area contributed by atoms with Gasteiger partial charge in [0.25, 0.3) is 0 Å². The van der Waals surface area contributed by atoms with Gasteiger partial charge in [-0.15, -0.1) is 0 Å². The normalized spacial score (nSPS) is 15.3. The van der Waals surface area contributed by atoms with E-state index in [4.69, 9.17) is 16.3 Å². The lowest BCUT2D eigenvalue weighted by Crippen LogP contribution is -2.02. The molecule has 0 bridgehead atoms. The third kappa shape index (κ3) is 4.82. The third-order valence-electron chi connectivity index (χ3n) is 5.03. The average Bonchev–Trinajstić information content (AvgIpc) is 3.54. The zero-order valence-corrected chi connectivity index (χ0v) is 16.3. The fraction of sp³-hybridized carbons (Fsp3) is 0.200. The van der Waals surface area contributed by atoms with Crippen LogP contribution in [0.15, 0.2) is 90.8 Å². The van der Waals surface area contributed by atoms with Crippen molar-refractivity contribution in [2.45, 2.75) is 25.2 Å². The number of allylic oxidation sites excluding steroid dienone is 2. The summed E-state index contributed by atoms with van der Waals surface area (Å²) < 4.78 is 20.9. The van der Waals surface area contributed by atoms with Crippen molar-refractivity contribution in [1.29, 1.82) is 0 Å². The van der Waals surface area contributed by atoms with Gasteiger partial charge in [-0.25, -0.2) is 4.39 Å². The molecular formula is C25H22ClFO. The number of rotatable bonds is 7. The first-order valence-electron chi connectivity index (χ1n) is 9.62. The SMILES string of the molecule is FC(=CCc1cccc(Oc2ccccc2)c1)C(c1ccc(Cl)cc1)C1CC1. The van der Waals surface area contributed by atoms with Gasteiger partial charge in [0.2, 0.25) is 0 Å². The fourth-order valence-electron chi connectivity index (χ4n) is 3.46. The highest BCUT2D eigenvalue weighted by Crippen LogP contribution is 2.47. The first-order chi connectivity index (χ1) is 13.7. The maximum absolute atomic E-state index is 15.1. The highest BCUT2D eigenvalue weighted by Gasteiger charge is 2.35. The molecule has 0 radical (unpaired) electrons. The molecule has 1 unspecified atom stereocenters. The molecule has 0 heterocycles. The van der Waals surface area contributed by atoms with Gasteiger partial charge in [0.1, 0.15) is 17.3 Å². The van der Waals surface area contributed by atoms with E-state index in [1.807, 2.05) is 78.9 Å². The zero-order chi connectivity index (χ0) is 19.3. The topological polar surface area (TPSA) is 9.23 Å². The largest absolute Gasteiger partial charge is 0.457 e. The minimum Gasteiger partial charge on any atom is -0.457 e. The molecule has 0 saturated heterocycles. The predicted molar refractivity (Wildman–Crippen MR) is 113 cm³/mol. The van der Waals surface area contributed by atoms with Gasteiger partial charge in [-0.2, -0.15) is 0 Å². The van der Waals surface area contributed by atoms with Crippen LogP contribution in [0.3, 0.4) is 0 Å². The highest BCUT2D eigenvalue weighted by molar-refractivity contribution is 6.30. The van der Waals surface area contributed by atoms with E-state index in [1.54, 1.807) is 6.08 Å². The highest BCUT2D eigenvalue weighted by atomic mass is 35.5. The van der Waals surface area contributed by atoms with Crippen LogP contribution in [-0.2, 0) is 6.42 Å². The van der Waals surface area contributed by atoms with Crippen molar-refractivity contribution in [3.05, 3.63) is 107 Å². The fourth-order valence-corrected chi connectivity index (χ4v) is 3.59. The third-order valence-corrected chi connectivity index (χ3v) is 5.28. The molecule has 4 rings (SSSR count). The Morgan fingerprint density at radius 3 is 2.39 bits per heavy atom. The summed E-state index contributed by atoms with van der Waals surface area (Å²) in [6, 6.07) is 25.0. The molecule has 3 heteroatoms. The number of hydrogen-bond acceptors (Lipinski definition) is 1. The smallest absolute Gasteiger partial charge is 0.127 e. The van der Waals surface area contributed by atoms with Crippen LogP contribution >= 0.6 is 11.6 Å².